The first-order valence-corrected chi connectivity index (χ1v) is 14.7. The van der Waals surface area contributed by atoms with E-state index < -0.39 is 0 Å². The van der Waals surface area contributed by atoms with Gasteiger partial charge < -0.3 is 29.3 Å². The van der Waals surface area contributed by atoms with Crippen molar-refractivity contribution >= 4 is 17.7 Å². The van der Waals surface area contributed by atoms with Crippen molar-refractivity contribution in [3.05, 3.63) is 23.3 Å². The molecule has 0 aliphatic carbocycles. The Balaban J connectivity index is 1.35. The van der Waals surface area contributed by atoms with Gasteiger partial charge in [-0.05, 0) is 80.4 Å². The van der Waals surface area contributed by atoms with Crippen molar-refractivity contribution in [1.29, 1.82) is 0 Å². The highest BCUT2D eigenvalue weighted by atomic mass is 16.5. The molecule has 9 heteroatoms. The molecule has 1 aromatic carbocycles. The molecule has 4 heterocycles. The average Bonchev–Trinajstić information content (AvgIpc) is 3.48. The molecule has 4 bridgehead atoms. The first-order chi connectivity index (χ1) is 19.0. The smallest absolute Gasteiger partial charge is 0.251 e. The second-order valence-corrected chi connectivity index (χ2v) is 11.6. The molecule has 0 unspecified atom stereocenters. The molecule has 214 valence electrons. The zero-order chi connectivity index (χ0) is 27.4. The minimum atomic E-state index is -0.311. The maximum atomic E-state index is 13.7. The van der Waals surface area contributed by atoms with Gasteiger partial charge in [0.2, 0.25) is 11.8 Å². The standard InChI is InChI=1S/C30H43N3O6/c1-37-26-16-20-10-11-28(35)33-18-21-15-23(19-32(17-21)30(36)25-8-5-13-39-25)24(33)7-3-9-27(34)31-12-4-6-22(14-20)29(26)38-2/h14,16,21,23-25H,3-13,15,17-19H2,1-2H3,(H,31,34)/t21-,23+,24-,25+/m0/s1. The first kappa shape index (κ1) is 27.7. The quantitative estimate of drug-likeness (QED) is 0.632. The van der Waals surface area contributed by atoms with E-state index in [0.717, 1.165) is 56.1 Å². The predicted molar refractivity (Wildman–Crippen MR) is 146 cm³/mol. The maximum absolute atomic E-state index is 13.7. The van der Waals surface area contributed by atoms with Crippen molar-refractivity contribution in [1.82, 2.24) is 15.1 Å². The van der Waals surface area contributed by atoms with Gasteiger partial charge in [0.1, 0.15) is 6.10 Å². The van der Waals surface area contributed by atoms with Crippen LogP contribution in [0, 0.1) is 11.8 Å². The van der Waals surface area contributed by atoms with Crippen molar-refractivity contribution in [2.24, 2.45) is 11.8 Å². The van der Waals surface area contributed by atoms with Crippen LogP contribution in [0.3, 0.4) is 0 Å². The monoisotopic (exact) mass is 541 g/mol. The van der Waals surface area contributed by atoms with Gasteiger partial charge in [-0.2, -0.15) is 0 Å². The molecule has 39 heavy (non-hydrogen) atoms. The lowest BCUT2D eigenvalue weighted by Gasteiger charge is -2.51. The molecule has 9 nitrogen and oxygen atoms in total. The van der Waals surface area contributed by atoms with Crippen LogP contribution in [0.1, 0.15) is 62.5 Å². The number of fused-ring (bicyclic) bond motifs is 6. The lowest BCUT2D eigenvalue weighted by Crippen LogP contribution is -2.61. The summed E-state index contributed by atoms with van der Waals surface area (Å²) >= 11 is 0. The number of rotatable bonds is 3. The van der Waals surface area contributed by atoms with Gasteiger partial charge in [0.15, 0.2) is 11.5 Å². The SMILES string of the molecule is COc1cc2cc(c1OC)CCCNC(=O)CCC[C@H]1[C@@H]3C[C@@H](CN(C(=O)[C@H]4CCCO4)C3)CN1C(=O)CC2. The molecule has 5 rings (SSSR count). The Bertz CT molecular complexity index is 1060. The van der Waals surface area contributed by atoms with Crippen molar-refractivity contribution in [3.63, 3.8) is 0 Å². The van der Waals surface area contributed by atoms with E-state index in [9.17, 15) is 14.4 Å². The predicted octanol–water partition coefficient (Wildman–Crippen LogP) is 2.72. The Labute approximate surface area is 231 Å². The maximum Gasteiger partial charge on any atom is 0.251 e. The van der Waals surface area contributed by atoms with E-state index >= 15 is 0 Å². The highest BCUT2D eigenvalue weighted by Crippen LogP contribution is 2.37. The van der Waals surface area contributed by atoms with Gasteiger partial charge in [0.25, 0.3) is 5.91 Å². The number of nitrogens with zero attached hydrogens (tertiary/aromatic N) is 2. The van der Waals surface area contributed by atoms with E-state index in [0.29, 0.717) is 63.5 Å². The normalized spacial score (nSPS) is 28.5. The van der Waals surface area contributed by atoms with E-state index in [1.165, 1.54) is 0 Å². The number of piperidine rings is 2. The Morgan fingerprint density at radius 2 is 1.85 bits per heavy atom. The molecule has 3 amide bonds. The van der Waals surface area contributed by atoms with Gasteiger partial charge in [-0.25, -0.2) is 0 Å². The Hall–Kier alpha value is -2.81. The van der Waals surface area contributed by atoms with Crippen LogP contribution in [0.2, 0.25) is 0 Å². The second-order valence-electron chi connectivity index (χ2n) is 11.6. The van der Waals surface area contributed by atoms with Gasteiger partial charge in [-0.3, -0.25) is 14.4 Å². The topological polar surface area (TPSA) is 97.4 Å². The van der Waals surface area contributed by atoms with Crippen LogP contribution < -0.4 is 14.8 Å². The van der Waals surface area contributed by atoms with Gasteiger partial charge in [0.05, 0.1) is 14.2 Å². The van der Waals surface area contributed by atoms with Crippen molar-refractivity contribution in [2.75, 3.05) is 47.0 Å². The molecule has 3 fully saturated rings. The third-order valence-electron chi connectivity index (χ3n) is 8.90. The minimum Gasteiger partial charge on any atom is -0.493 e. The number of hydrogen-bond acceptors (Lipinski definition) is 6. The fourth-order valence-corrected chi connectivity index (χ4v) is 7.06. The highest BCUT2D eigenvalue weighted by molar-refractivity contribution is 5.81. The van der Waals surface area contributed by atoms with Gasteiger partial charge in [-0.1, -0.05) is 6.07 Å². The van der Waals surface area contributed by atoms with Gasteiger partial charge in [0, 0.05) is 51.7 Å². The van der Waals surface area contributed by atoms with Crippen LogP contribution in [-0.2, 0) is 32.0 Å². The molecular formula is C30H43N3O6. The molecular weight excluding hydrogens is 498 g/mol. The number of aryl methyl sites for hydroxylation is 2. The minimum absolute atomic E-state index is 0.0375. The van der Waals surface area contributed by atoms with E-state index in [-0.39, 0.29) is 41.7 Å². The third-order valence-corrected chi connectivity index (χ3v) is 8.90. The van der Waals surface area contributed by atoms with Crippen molar-refractivity contribution < 1.29 is 28.6 Å². The van der Waals surface area contributed by atoms with Crippen molar-refractivity contribution in [2.45, 2.75) is 76.4 Å². The van der Waals surface area contributed by atoms with Gasteiger partial charge >= 0.3 is 0 Å². The summed E-state index contributed by atoms with van der Waals surface area (Å²) in [5.41, 5.74) is 2.08. The molecule has 4 aliphatic heterocycles. The number of amides is 3. The summed E-state index contributed by atoms with van der Waals surface area (Å²) in [6.07, 6.45) is 6.99. The second kappa shape index (κ2) is 12.6. The van der Waals surface area contributed by atoms with Crippen molar-refractivity contribution in [3.8, 4) is 11.5 Å². The summed E-state index contributed by atoms with van der Waals surface area (Å²) in [6.45, 7) is 3.28. The van der Waals surface area contributed by atoms with E-state index in [4.69, 9.17) is 14.2 Å². The number of ether oxygens (including phenoxy) is 3. The average molecular weight is 542 g/mol. The van der Waals surface area contributed by atoms with E-state index in [2.05, 4.69) is 16.3 Å². The molecule has 0 aromatic heterocycles. The molecule has 0 radical (unpaired) electrons. The Kier molecular flexibility index (Phi) is 8.95. The highest BCUT2D eigenvalue weighted by Gasteiger charge is 2.44. The molecule has 3 saturated heterocycles. The van der Waals surface area contributed by atoms with Crippen LogP contribution >= 0.6 is 0 Å². The molecule has 1 aromatic rings. The molecule has 4 aliphatic rings. The number of carbonyl (C=O) groups is 3. The molecule has 0 spiro atoms. The molecule has 4 atom stereocenters. The lowest BCUT2D eigenvalue weighted by molar-refractivity contribution is -0.151. The first-order valence-electron chi connectivity index (χ1n) is 14.7. The number of hydrogen-bond donors (Lipinski definition) is 1. The van der Waals surface area contributed by atoms with Crippen LogP contribution in [0.5, 0.6) is 11.5 Å². The zero-order valence-corrected chi connectivity index (χ0v) is 23.4. The number of benzene rings is 1. The Morgan fingerprint density at radius 1 is 0.974 bits per heavy atom. The number of methoxy groups -OCH3 is 2. The van der Waals surface area contributed by atoms with E-state index in [1.807, 2.05) is 11.0 Å². The van der Waals surface area contributed by atoms with Crippen LogP contribution in [0.15, 0.2) is 12.1 Å². The summed E-state index contributed by atoms with van der Waals surface area (Å²) in [4.78, 5) is 43.6. The lowest BCUT2D eigenvalue weighted by atomic mass is 9.77. The fraction of sp³-hybridized carbons (Fsp3) is 0.700. The van der Waals surface area contributed by atoms with Crippen LogP contribution in [0.25, 0.3) is 0 Å². The number of nitrogens with one attached hydrogen (secondary N) is 1. The largest absolute Gasteiger partial charge is 0.493 e. The summed E-state index contributed by atoms with van der Waals surface area (Å²) < 4.78 is 16.9. The molecule has 0 saturated carbocycles. The van der Waals surface area contributed by atoms with Crippen LogP contribution in [0.4, 0.5) is 0 Å². The zero-order valence-electron chi connectivity index (χ0n) is 23.4. The summed E-state index contributed by atoms with van der Waals surface area (Å²) in [5.74, 6) is 2.19. The summed E-state index contributed by atoms with van der Waals surface area (Å²) in [5, 5.41) is 3.06. The Morgan fingerprint density at radius 3 is 2.62 bits per heavy atom. The van der Waals surface area contributed by atoms with Crippen LogP contribution in [-0.4, -0.2) is 86.7 Å². The number of carbonyl (C=O) groups excluding carboxylic acids is 3. The molecule has 1 N–H and O–H groups in total. The summed E-state index contributed by atoms with van der Waals surface area (Å²) in [6, 6.07) is 4.12. The van der Waals surface area contributed by atoms with E-state index in [1.54, 1.807) is 14.2 Å². The number of likely N-dealkylation sites (tertiary alicyclic amines) is 1. The fourth-order valence-electron chi connectivity index (χ4n) is 7.06. The third kappa shape index (κ3) is 6.34. The van der Waals surface area contributed by atoms with Gasteiger partial charge in [-0.15, -0.1) is 0 Å². The summed E-state index contributed by atoms with van der Waals surface area (Å²) in [7, 11) is 3.27.